The molecule has 0 fully saturated rings. The minimum absolute atomic E-state index is 0.0653. The van der Waals surface area contributed by atoms with Crippen LogP contribution in [0.4, 0.5) is 17.2 Å². The van der Waals surface area contributed by atoms with Gasteiger partial charge in [-0.25, -0.2) is 4.98 Å². The molecule has 0 saturated carbocycles. The number of pyridine rings is 1. The first-order valence-corrected chi connectivity index (χ1v) is 8.74. The summed E-state index contributed by atoms with van der Waals surface area (Å²) < 4.78 is 0. The highest BCUT2D eigenvalue weighted by atomic mass is 16.1. The lowest BCUT2D eigenvalue weighted by molar-refractivity contribution is -0.116. The van der Waals surface area contributed by atoms with Gasteiger partial charge >= 0.3 is 0 Å². The largest absolute Gasteiger partial charge is 0.384 e. The van der Waals surface area contributed by atoms with Gasteiger partial charge < -0.3 is 16.0 Å². The van der Waals surface area contributed by atoms with E-state index in [9.17, 15) is 4.79 Å². The van der Waals surface area contributed by atoms with Gasteiger partial charge in [0, 0.05) is 37.6 Å². The SMILES string of the molecule is Cc1cc(N)nc(CCCCCC(=O)Nc2ccc(N(C)C)cc2)c1. The summed E-state index contributed by atoms with van der Waals surface area (Å²) in [5, 5.41) is 2.95. The first kappa shape index (κ1) is 18.8. The highest BCUT2D eigenvalue weighted by Gasteiger charge is 2.04. The van der Waals surface area contributed by atoms with E-state index < -0.39 is 0 Å². The Kier molecular flexibility index (Phi) is 6.81. The van der Waals surface area contributed by atoms with Crippen molar-refractivity contribution in [2.75, 3.05) is 30.0 Å². The summed E-state index contributed by atoms with van der Waals surface area (Å²) in [4.78, 5) is 18.4. The van der Waals surface area contributed by atoms with Crippen LogP contribution in [0.1, 0.15) is 36.9 Å². The van der Waals surface area contributed by atoms with E-state index >= 15 is 0 Å². The number of aromatic nitrogens is 1. The number of hydrogen-bond donors (Lipinski definition) is 2. The maximum absolute atomic E-state index is 12.0. The van der Waals surface area contributed by atoms with Crippen molar-refractivity contribution >= 4 is 23.1 Å². The highest BCUT2D eigenvalue weighted by molar-refractivity contribution is 5.90. The molecule has 0 aliphatic rings. The first-order valence-electron chi connectivity index (χ1n) is 8.74. The molecule has 3 N–H and O–H groups in total. The van der Waals surface area contributed by atoms with E-state index in [0.717, 1.165) is 48.3 Å². The molecule has 2 rings (SSSR count). The van der Waals surface area contributed by atoms with E-state index in [0.29, 0.717) is 12.2 Å². The molecule has 1 aromatic heterocycles. The van der Waals surface area contributed by atoms with E-state index in [2.05, 4.69) is 16.4 Å². The molecule has 5 heteroatoms. The fraction of sp³-hybridized carbons (Fsp3) is 0.400. The van der Waals surface area contributed by atoms with Gasteiger partial charge in [0.25, 0.3) is 0 Å². The molecule has 2 aromatic rings. The molecular weight excluding hydrogens is 312 g/mol. The summed E-state index contributed by atoms with van der Waals surface area (Å²) in [6.07, 6.45) is 4.34. The van der Waals surface area contributed by atoms with Gasteiger partial charge in [0.2, 0.25) is 5.91 Å². The van der Waals surface area contributed by atoms with Crippen LogP contribution in [0, 0.1) is 6.92 Å². The average molecular weight is 340 g/mol. The maximum atomic E-state index is 12.0. The Balaban J connectivity index is 1.66. The predicted octanol–water partition coefficient (Wildman–Crippen LogP) is 3.78. The smallest absolute Gasteiger partial charge is 0.224 e. The number of aryl methyl sites for hydroxylation is 2. The fourth-order valence-electron chi connectivity index (χ4n) is 2.73. The third kappa shape index (κ3) is 6.45. The normalized spacial score (nSPS) is 10.5. The number of nitrogens with one attached hydrogen (secondary N) is 1. The molecule has 25 heavy (non-hydrogen) atoms. The van der Waals surface area contributed by atoms with E-state index in [1.165, 1.54) is 0 Å². The average Bonchev–Trinajstić information content (AvgIpc) is 2.54. The summed E-state index contributed by atoms with van der Waals surface area (Å²) in [7, 11) is 3.99. The number of carbonyl (C=O) groups excluding carboxylic acids is 1. The fourth-order valence-corrected chi connectivity index (χ4v) is 2.73. The van der Waals surface area contributed by atoms with Gasteiger partial charge in [-0.2, -0.15) is 0 Å². The summed E-state index contributed by atoms with van der Waals surface area (Å²) in [6.45, 7) is 2.02. The third-order valence-electron chi connectivity index (χ3n) is 4.05. The number of amides is 1. The third-order valence-corrected chi connectivity index (χ3v) is 4.05. The zero-order valence-corrected chi connectivity index (χ0v) is 15.4. The quantitative estimate of drug-likeness (QED) is 0.717. The Morgan fingerprint density at radius 1 is 1.12 bits per heavy atom. The van der Waals surface area contributed by atoms with E-state index in [1.807, 2.05) is 56.3 Å². The molecule has 5 nitrogen and oxygen atoms in total. The number of nitrogen functional groups attached to an aromatic ring is 1. The molecule has 0 aliphatic carbocycles. The molecule has 0 unspecified atom stereocenters. The molecule has 1 heterocycles. The van der Waals surface area contributed by atoms with Gasteiger partial charge in [0.05, 0.1) is 0 Å². The number of hydrogen-bond acceptors (Lipinski definition) is 4. The van der Waals surface area contributed by atoms with Crippen molar-refractivity contribution in [1.29, 1.82) is 0 Å². The van der Waals surface area contributed by atoms with Crippen molar-refractivity contribution in [3.05, 3.63) is 47.7 Å². The minimum atomic E-state index is 0.0653. The van der Waals surface area contributed by atoms with Crippen molar-refractivity contribution in [2.45, 2.75) is 39.0 Å². The van der Waals surface area contributed by atoms with Crippen LogP contribution in [0.15, 0.2) is 36.4 Å². The van der Waals surface area contributed by atoms with Gasteiger partial charge in [-0.15, -0.1) is 0 Å². The van der Waals surface area contributed by atoms with Crippen molar-refractivity contribution in [2.24, 2.45) is 0 Å². The Morgan fingerprint density at radius 3 is 2.48 bits per heavy atom. The lowest BCUT2D eigenvalue weighted by atomic mass is 10.1. The van der Waals surface area contributed by atoms with Gasteiger partial charge in [-0.3, -0.25) is 4.79 Å². The van der Waals surface area contributed by atoms with Crippen LogP contribution in [0.25, 0.3) is 0 Å². The molecule has 0 bridgehead atoms. The minimum Gasteiger partial charge on any atom is -0.384 e. The molecule has 0 atom stereocenters. The summed E-state index contributed by atoms with van der Waals surface area (Å²) in [5.41, 5.74) is 9.89. The molecule has 0 saturated heterocycles. The number of unbranched alkanes of at least 4 members (excludes halogenated alkanes) is 2. The Morgan fingerprint density at radius 2 is 1.84 bits per heavy atom. The van der Waals surface area contributed by atoms with Crippen molar-refractivity contribution in [3.63, 3.8) is 0 Å². The van der Waals surface area contributed by atoms with Gasteiger partial charge in [0.1, 0.15) is 5.82 Å². The zero-order valence-electron chi connectivity index (χ0n) is 15.4. The molecule has 1 aromatic carbocycles. The second-order valence-electron chi connectivity index (χ2n) is 6.61. The molecular formula is C20H28N4O. The maximum Gasteiger partial charge on any atom is 0.224 e. The first-order chi connectivity index (χ1) is 11.9. The van der Waals surface area contributed by atoms with Crippen LogP contribution in [0.3, 0.4) is 0 Å². The molecule has 0 spiro atoms. The molecule has 0 aliphatic heterocycles. The van der Waals surface area contributed by atoms with Crippen molar-refractivity contribution < 1.29 is 4.79 Å². The molecule has 134 valence electrons. The zero-order chi connectivity index (χ0) is 18.2. The lowest BCUT2D eigenvalue weighted by Gasteiger charge is -2.13. The monoisotopic (exact) mass is 340 g/mol. The van der Waals surface area contributed by atoms with E-state index in [-0.39, 0.29) is 5.91 Å². The molecule has 0 radical (unpaired) electrons. The topological polar surface area (TPSA) is 71.2 Å². The van der Waals surface area contributed by atoms with Crippen molar-refractivity contribution in [3.8, 4) is 0 Å². The summed E-state index contributed by atoms with van der Waals surface area (Å²) >= 11 is 0. The Hall–Kier alpha value is -2.56. The number of nitrogens with zero attached hydrogens (tertiary/aromatic N) is 2. The highest BCUT2D eigenvalue weighted by Crippen LogP contribution is 2.16. The number of benzene rings is 1. The lowest BCUT2D eigenvalue weighted by Crippen LogP contribution is -2.12. The second kappa shape index (κ2) is 9.06. The number of nitrogens with two attached hydrogens (primary N) is 1. The van der Waals surface area contributed by atoms with Crippen LogP contribution in [0.5, 0.6) is 0 Å². The van der Waals surface area contributed by atoms with E-state index in [4.69, 9.17) is 5.73 Å². The number of rotatable bonds is 8. The van der Waals surface area contributed by atoms with Crippen LogP contribution < -0.4 is 16.0 Å². The Bertz CT molecular complexity index is 675. The van der Waals surface area contributed by atoms with Crippen LogP contribution in [0.2, 0.25) is 0 Å². The summed E-state index contributed by atoms with van der Waals surface area (Å²) in [6, 6.07) is 11.8. The number of carbonyl (C=O) groups is 1. The van der Waals surface area contributed by atoms with Crippen LogP contribution >= 0.6 is 0 Å². The standard InChI is InChI=1S/C20H28N4O/c1-15-13-17(22-19(21)14-15)7-5-4-6-8-20(25)23-16-9-11-18(12-10-16)24(2)3/h9-14H,4-8H2,1-3H3,(H2,21,22)(H,23,25). The molecule has 1 amide bonds. The van der Waals surface area contributed by atoms with Gasteiger partial charge in [0.15, 0.2) is 0 Å². The Labute approximate surface area is 150 Å². The predicted molar refractivity (Wildman–Crippen MR) is 105 cm³/mol. The number of anilines is 3. The van der Waals surface area contributed by atoms with Crippen molar-refractivity contribution in [1.82, 2.24) is 4.98 Å². The van der Waals surface area contributed by atoms with Crippen LogP contribution in [-0.4, -0.2) is 25.0 Å². The second-order valence-corrected chi connectivity index (χ2v) is 6.61. The van der Waals surface area contributed by atoms with Gasteiger partial charge in [-0.1, -0.05) is 6.42 Å². The van der Waals surface area contributed by atoms with E-state index in [1.54, 1.807) is 0 Å². The summed E-state index contributed by atoms with van der Waals surface area (Å²) in [5.74, 6) is 0.644. The van der Waals surface area contributed by atoms with Gasteiger partial charge in [-0.05, 0) is 68.1 Å². The van der Waals surface area contributed by atoms with Crippen LogP contribution in [-0.2, 0) is 11.2 Å².